The summed E-state index contributed by atoms with van der Waals surface area (Å²) < 4.78 is 4.83. The summed E-state index contributed by atoms with van der Waals surface area (Å²) in [5.74, 6) is 0.0704. The van der Waals surface area contributed by atoms with Crippen LogP contribution in [-0.4, -0.2) is 44.3 Å². The molecule has 3 aromatic rings. The van der Waals surface area contributed by atoms with Gasteiger partial charge in [0, 0.05) is 23.7 Å². The van der Waals surface area contributed by atoms with Crippen molar-refractivity contribution in [3.63, 3.8) is 0 Å². The maximum absolute atomic E-state index is 14.5. The molecule has 0 bridgehead atoms. The van der Waals surface area contributed by atoms with Crippen molar-refractivity contribution in [2.45, 2.75) is 22.7 Å². The molecule has 1 N–H and O–H groups in total. The number of likely N-dealkylation sites (tertiary alicyclic amines) is 1. The largest absolute Gasteiger partial charge is 0.467 e. The standard InChI is InChI=1S/C25H21N3O3S2/c1-27-15-19(16-8-3-2-4-9-16)25(24(27)18-11-5-6-12-20(18)26-21(24)29)22(30)28(23(32)33-25)14-17-10-7-13-31-17/h2-13,19H,14-15H2,1H3,(H,26,29)/t19-,24+,25-/m1/s1. The first kappa shape index (κ1) is 20.7. The van der Waals surface area contributed by atoms with Crippen LogP contribution in [0.1, 0.15) is 22.8 Å². The van der Waals surface area contributed by atoms with Crippen LogP contribution in [0.2, 0.25) is 0 Å². The van der Waals surface area contributed by atoms with Gasteiger partial charge >= 0.3 is 0 Å². The molecule has 33 heavy (non-hydrogen) atoms. The molecule has 3 aliphatic heterocycles. The Hall–Kier alpha value is -2.94. The molecule has 1 aromatic heterocycles. The van der Waals surface area contributed by atoms with Crippen LogP contribution < -0.4 is 5.32 Å². The molecule has 2 fully saturated rings. The molecular formula is C25H21N3O3S2. The van der Waals surface area contributed by atoms with Crippen molar-refractivity contribution in [2.24, 2.45) is 0 Å². The van der Waals surface area contributed by atoms with Gasteiger partial charge in [-0.15, -0.1) is 0 Å². The summed E-state index contributed by atoms with van der Waals surface area (Å²) in [7, 11) is 1.93. The van der Waals surface area contributed by atoms with Gasteiger partial charge in [-0.05, 0) is 30.8 Å². The maximum Gasteiger partial charge on any atom is 0.251 e. The van der Waals surface area contributed by atoms with E-state index in [9.17, 15) is 9.59 Å². The lowest BCUT2D eigenvalue weighted by Gasteiger charge is -2.41. The average molecular weight is 476 g/mol. The Balaban J connectivity index is 1.59. The predicted molar refractivity (Wildman–Crippen MR) is 131 cm³/mol. The summed E-state index contributed by atoms with van der Waals surface area (Å²) in [5.41, 5.74) is 1.39. The number of carbonyl (C=O) groups excluding carboxylic acids is 2. The highest BCUT2D eigenvalue weighted by molar-refractivity contribution is 8.25. The predicted octanol–water partition coefficient (Wildman–Crippen LogP) is 3.96. The topological polar surface area (TPSA) is 65.8 Å². The maximum atomic E-state index is 14.5. The molecule has 166 valence electrons. The number of benzene rings is 2. The highest BCUT2D eigenvalue weighted by Gasteiger charge is 2.77. The molecule has 4 heterocycles. The number of para-hydroxylation sites is 1. The van der Waals surface area contributed by atoms with E-state index >= 15 is 0 Å². The quantitative estimate of drug-likeness (QED) is 0.579. The lowest BCUT2D eigenvalue weighted by molar-refractivity contribution is -0.138. The molecular weight excluding hydrogens is 454 g/mol. The van der Waals surface area contributed by atoms with Crippen LogP contribution in [0.3, 0.4) is 0 Å². The van der Waals surface area contributed by atoms with Crippen LogP contribution in [0.25, 0.3) is 0 Å². The van der Waals surface area contributed by atoms with Crippen LogP contribution >= 0.6 is 24.0 Å². The summed E-state index contributed by atoms with van der Waals surface area (Å²) in [6, 6.07) is 21.2. The average Bonchev–Trinajstić information content (AvgIpc) is 3.55. The van der Waals surface area contributed by atoms with Gasteiger partial charge in [0.05, 0.1) is 12.8 Å². The van der Waals surface area contributed by atoms with E-state index in [-0.39, 0.29) is 24.3 Å². The zero-order chi connectivity index (χ0) is 22.8. The van der Waals surface area contributed by atoms with Gasteiger partial charge in [0.2, 0.25) is 5.91 Å². The highest BCUT2D eigenvalue weighted by atomic mass is 32.2. The van der Waals surface area contributed by atoms with Crippen molar-refractivity contribution < 1.29 is 14.0 Å². The number of likely N-dealkylation sites (N-methyl/N-ethyl adjacent to an activating group) is 1. The fraction of sp³-hybridized carbons (Fsp3) is 0.240. The van der Waals surface area contributed by atoms with Crippen LogP contribution in [-0.2, 0) is 21.7 Å². The molecule has 0 aliphatic carbocycles. The van der Waals surface area contributed by atoms with E-state index in [0.717, 1.165) is 16.8 Å². The number of fused-ring (bicyclic) bond motifs is 3. The molecule has 0 saturated carbocycles. The number of anilines is 1. The van der Waals surface area contributed by atoms with E-state index < -0.39 is 10.3 Å². The molecule has 3 aliphatic rings. The van der Waals surface area contributed by atoms with Crippen LogP contribution in [0.4, 0.5) is 5.69 Å². The number of thioether (sulfide) groups is 1. The number of rotatable bonds is 3. The van der Waals surface area contributed by atoms with Crippen molar-refractivity contribution in [2.75, 3.05) is 18.9 Å². The lowest BCUT2D eigenvalue weighted by atomic mass is 9.72. The summed E-state index contributed by atoms with van der Waals surface area (Å²) in [6.45, 7) is 0.783. The summed E-state index contributed by atoms with van der Waals surface area (Å²) in [6.07, 6.45) is 1.58. The molecule has 0 unspecified atom stereocenters. The second kappa shape index (κ2) is 7.28. The van der Waals surface area contributed by atoms with E-state index in [1.165, 1.54) is 11.8 Å². The minimum atomic E-state index is -1.19. The second-order valence-corrected chi connectivity index (χ2v) is 10.5. The van der Waals surface area contributed by atoms with Gasteiger partial charge in [0.25, 0.3) is 5.91 Å². The minimum Gasteiger partial charge on any atom is -0.467 e. The van der Waals surface area contributed by atoms with E-state index in [4.69, 9.17) is 16.6 Å². The number of amides is 2. The van der Waals surface area contributed by atoms with Gasteiger partial charge in [-0.1, -0.05) is 72.5 Å². The third kappa shape index (κ3) is 2.57. The van der Waals surface area contributed by atoms with E-state index in [1.807, 2.05) is 72.6 Å². The summed E-state index contributed by atoms with van der Waals surface area (Å²) in [5, 5.41) is 3.05. The normalized spacial score (nSPS) is 28.8. The van der Waals surface area contributed by atoms with Crippen molar-refractivity contribution >= 4 is 45.8 Å². The van der Waals surface area contributed by atoms with Crippen LogP contribution in [0.15, 0.2) is 77.4 Å². The smallest absolute Gasteiger partial charge is 0.251 e. The fourth-order valence-corrected chi connectivity index (χ4v) is 7.89. The Morgan fingerprint density at radius 1 is 1.09 bits per heavy atom. The Labute approximate surface area is 200 Å². The first-order valence-electron chi connectivity index (χ1n) is 10.7. The van der Waals surface area contributed by atoms with Gasteiger partial charge in [0.1, 0.15) is 14.8 Å². The molecule has 2 saturated heterocycles. The van der Waals surface area contributed by atoms with Crippen molar-refractivity contribution in [1.29, 1.82) is 0 Å². The number of hydrogen-bond acceptors (Lipinski definition) is 6. The SMILES string of the molecule is CN1C[C@H](c2ccccc2)[C@]2(SC(=S)N(Cc3ccco3)C2=O)[C@]12C(=O)Nc1ccccc12. The van der Waals surface area contributed by atoms with E-state index in [2.05, 4.69) is 5.32 Å². The zero-order valence-corrected chi connectivity index (χ0v) is 19.5. The number of thiocarbonyl (C=S) groups is 1. The molecule has 2 amide bonds. The number of carbonyl (C=O) groups is 2. The van der Waals surface area contributed by atoms with E-state index in [1.54, 1.807) is 17.2 Å². The Morgan fingerprint density at radius 2 is 1.85 bits per heavy atom. The van der Waals surface area contributed by atoms with Gasteiger partial charge in [0.15, 0.2) is 5.54 Å². The number of nitrogens with one attached hydrogen (secondary N) is 1. The molecule has 6 rings (SSSR count). The van der Waals surface area contributed by atoms with Crippen molar-refractivity contribution in [3.8, 4) is 0 Å². The summed E-state index contributed by atoms with van der Waals surface area (Å²) in [4.78, 5) is 32.0. The number of nitrogens with zero attached hydrogens (tertiary/aromatic N) is 2. The highest BCUT2D eigenvalue weighted by Crippen LogP contribution is 2.65. The van der Waals surface area contributed by atoms with Gasteiger partial charge in [-0.25, -0.2) is 0 Å². The second-order valence-electron chi connectivity index (χ2n) is 8.63. The third-order valence-corrected chi connectivity index (χ3v) is 9.02. The van der Waals surface area contributed by atoms with E-state index in [0.29, 0.717) is 16.6 Å². The zero-order valence-electron chi connectivity index (χ0n) is 17.9. The number of furan rings is 1. The Bertz CT molecular complexity index is 1280. The fourth-order valence-electron chi connectivity index (χ4n) is 5.75. The lowest BCUT2D eigenvalue weighted by Crippen LogP contribution is -2.61. The Kier molecular flexibility index (Phi) is 4.56. The number of hydrogen-bond donors (Lipinski definition) is 1. The van der Waals surface area contributed by atoms with Gasteiger partial charge in [-0.2, -0.15) is 0 Å². The van der Waals surface area contributed by atoms with Crippen molar-refractivity contribution in [3.05, 3.63) is 89.9 Å². The third-order valence-electron chi connectivity index (χ3n) is 7.08. The molecule has 8 heteroatoms. The first-order valence-corrected chi connectivity index (χ1v) is 12.0. The van der Waals surface area contributed by atoms with Gasteiger partial charge < -0.3 is 9.73 Å². The van der Waals surface area contributed by atoms with Crippen molar-refractivity contribution in [1.82, 2.24) is 9.80 Å². The van der Waals surface area contributed by atoms with Crippen LogP contribution in [0.5, 0.6) is 0 Å². The molecule has 0 radical (unpaired) electrons. The van der Waals surface area contributed by atoms with Crippen LogP contribution in [0, 0.1) is 0 Å². The molecule has 2 spiro atoms. The molecule has 2 aromatic carbocycles. The monoisotopic (exact) mass is 475 g/mol. The molecule has 6 nitrogen and oxygen atoms in total. The first-order chi connectivity index (χ1) is 16.0. The minimum absolute atomic E-state index is 0.154. The summed E-state index contributed by atoms with van der Waals surface area (Å²) >= 11 is 7.12. The Morgan fingerprint density at radius 3 is 2.61 bits per heavy atom. The van der Waals surface area contributed by atoms with Gasteiger partial charge in [-0.3, -0.25) is 19.4 Å². The molecule has 3 atom stereocenters.